The number of carbonyl (C=O) groups is 1. The highest BCUT2D eigenvalue weighted by Crippen LogP contribution is 2.27. The molecule has 0 saturated carbocycles. The first-order valence-corrected chi connectivity index (χ1v) is 10.8. The molecule has 0 N–H and O–H groups in total. The van der Waals surface area contributed by atoms with Crippen LogP contribution in [0.25, 0.3) is 10.9 Å². The highest BCUT2D eigenvalue weighted by atomic mass is 35.5. The molecule has 1 fully saturated rings. The lowest BCUT2D eigenvalue weighted by Gasteiger charge is -2.25. The van der Waals surface area contributed by atoms with Gasteiger partial charge in [-0.05, 0) is 55.3 Å². The molecule has 1 unspecified atom stereocenters. The number of nitrogens with zero attached hydrogens (tertiary/aromatic N) is 2. The fourth-order valence-electron chi connectivity index (χ4n) is 3.63. The number of rotatable bonds is 5. The van der Waals surface area contributed by atoms with Crippen molar-refractivity contribution in [3.63, 3.8) is 0 Å². The number of amides is 1. The molecular weight excluding hydrogens is 392 g/mol. The quantitative estimate of drug-likeness (QED) is 0.526. The molecule has 0 radical (unpaired) electrons. The van der Waals surface area contributed by atoms with Crippen molar-refractivity contribution < 1.29 is 9.53 Å². The molecule has 0 bridgehead atoms. The number of carbonyl (C=O) groups excluding carboxylic acids is 1. The van der Waals surface area contributed by atoms with Crippen molar-refractivity contribution in [3.8, 4) is 0 Å². The van der Waals surface area contributed by atoms with E-state index < -0.39 is 0 Å². The van der Waals surface area contributed by atoms with Crippen molar-refractivity contribution >= 4 is 39.7 Å². The van der Waals surface area contributed by atoms with Crippen molar-refractivity contribution in [2.24, 2.45) is 0 Å². The molecule has 1 aliphatic rings. The first-order chi connectivity index (χ1) is 13.5. The molecule has 3 heterocycles. The van der Waals surface area contributed by atoms with E-state index in [9.17, 15) is 4.79 Å². The van der Waals surface area contributed by atoms with E-state index in [4.69, 9.17) is 16.3 Å². The fourth-order valence-corrected chi connectivity index (χ4v) is 4.52. The standard InChI is InChI=1S/C22H23ClN2O2S/c1-14-7-8-16-11-17(21(23)24-20(16)15(14)2)12-25(13-18-5-3-9-27-18)22(26)19-6-4-10-28-19/h4,6-8,10-11,18H,3,5,9,12-13H2,1-2H3. The predicted molar refractivity (Wildman–Crippen MR) is 114 cm³/mol. The van der Waals surface area contributed by atoms with Crippen molar-refractivity contribution in [2.45, 2.75) is 39.3 Å². The summed E-state index contributed by atoms with van der Waals surface area (Å²) in [4.78, 5) is 20.3. The summed E-state index contributed by atoms with van der Waals surface area (Å²) in [5.41, 5.74) is 4.11. The third-order valence-electron chi connectivity index (χ3n) is 5.37. The van der Waals surface area contributed by atoms with Gasteiger partial charge in [0.2, 0.25) is 0 Å². The van der Waals surface area contributed by atoms with E-state index >= 15 is 0 Å². The molecule has 1 aliphatic heterocycles. The number of hydrogen-bond donors (Lipinski definition) is 0. The summed E-state index contributed by atoms with van der Waals surface area (Å²) in [6.07, 6.45) is 2.11. The van der Waals surface area contributed by atoms with E-state index in [1.807, 2.05) is 22.4 Å². The monoisotopic (exact) mass is 414 g/mol. The van der Waals surface area contributed by atoms with Gasteiger partial charge in [-0.25, -0.2) is 4.98 Å². The van der Waals surface area contributed by atoms with Gasteiger partial charge in [0, 0.05) is 30.6 Å². The molecule has 1 atom stereocenters. The van der Waals surface area contributed by atoms with Gasteiger partial charge in [0.05, 0.1) is 16.5 Å². The van der Waals surface area contributed by atoms with Gasteiger partial charge in [-0.15, -0.1) is 11.3 Å². The van der Waals surface area contributed by atoms with E-state index in [-0.39, 0.29) is 12.0 Å². The Morgan fingerprint density at radius 3 is 2.93 bits per heavy atom. The molecule has 28 heavy (non-hydrogen) atoms. The maximum Gasteiger partial charge on any atom is 0.264 e. The summed E-state index contributed by atoms with van der Waals surface area (Å²) in [5.74, 6) is 0.0155. The second-order valence-corrected chi connectivity index (χ2v) is 8.62. The summed E-state index contributed by atoms with van der Waals surface area (Å²) in [5, 5.41) is 3.42. The first kappa shape index (κ1) is 19.4. The Bertz CT molecular complexity index is 997. The van der Waals surface area contributed by atoms with Crippen LogP contribution < -0.4 is 0 Å². The van der Waals surface area contributed by atoms with Gasteiger partial charge < -0.3 is 9.64 Å². The third kappa shape index (κ3) is 3.93. The smallest absolute Gasteiger partial charge is 0.264 e. The Balaban J connectivity index is 1.66. The maximum atomic E-state index is 13.1. The van der Waals surface area contributed by atoms with Gasteiger partial charge in [0.1, 0.15) is 5.15 Å². The van der Waals surface area contributed by atoms with E-state index in [2.05, 4.69) is 37.0 Å². The molecule has 1 saturated heterocycles. The molecule has 6 heteroatoms. The SMILES string of the molecule is Cc1ccc2cc(CN(CC3CCCO3)C(=O)c3cccs3)c(Cl)nc2c1C. The van der Waals surface area contributed by atoms with Crippen LogP contribution in [0.5, 0.6) is 0 Å². The molecule has 1 aromatic carbocycles. The zero-order chi connectivity index (χ0) is 19.7. The Morgan fingerprint density at radius 2 is 2.21 bits per heavy atom. The van der Waals surface area contributed by atoms with Crippen LogP contribution in [0.2, 0.25) is 5.15 Å². The lowest BCUT2D eigenvalue weighted by atomic mass is 10.0. The van der Waals surface area contributed by atoms with Crippen LogP contribution in [0.3, 0.4) is 0 Å². The number of halogens is 1. The number of thiophene rings is 1. The van der Waals surface area contributed by atoms with E-state index in [0.717, 1.165) is 46.4 Å². The number of aromatic nitrogens is 1. The summed E-state index contributed by atoms with van der Waals surface area (Å²) in [6, 6.07) is 9.98. The minimum atomic E-state index is 0.0155. The lowest BCUT2D eigenvalue weighted by molar-refractivity contribution is 0.0511. The van der Waals surface area contributed by atoms with E-state index in [0.29, 0.717) is 18.2 Å². The van der Waals surface area contributed by atoms with Gasteiger partial charge in [-0.1, -0.05) is 29.8 Å². The first-order valence-electron chi connectivity index (χ1n) is 9.52. The van der Waals surface area contributed by atoms with E-state index in [1.165, 1.54) is 16.9 Å². The number of pyridine rings is 1. The normalized spacial score (nSPS) is 16.6. The molecule has 0 aliphatic carbocycles. The van der Waals surface area contributed by atoms with Crippen LogP contribution in [-0.4, -0.2) is 35.0 Å². The van der Waals surface area contributed by atoms with Gasteiger partial charge >= 0.3 is 0 Å². The van der Waals surface area contributed by atoms with Crippen LogP contribution in [0.4, 0.5) is 0 Å². The second-order valence-electron chi connectivity index (χ2n) is 7.32. The van der Waals surface area contributed by atoms with Crippen molar-refractivity contribution in [3.05, 3.63) is 62.4 Å². The molecule has 3 aromatic rings. The maximum absolute atomic E-state index is 13.1. The van der Waals surface area contributed by atoms with Crippen molar-refractivity contribution in [1.29, 1.82) is 0 Å². The van der Waals surface area contributed by atoms with Gasteiger partial charge in [-0.3, -0.25) is 4.79 Å². The number of fused-ring (bicyclic) bond motifs is 1. The Hall–Kier alpha value is -1.95. The largest absolute Gasteiger partial charge is 0.376 e. The van der Waals surface area contributed by atoms with Crippen molar-refractivity contribution in [1.82, 2.24) is 9.88 Å². The Morgan fingerprint density at radius 1 is 1.36 bits per heavy atom. The number of aryl methyl sites for hydroxylation is 2. The Kier molecular flexibility index (Phi) is 5.67. The average molecular weight is 415 g/mol. The average Bonchev–Trinajstić information content (AvgIpc) is 3.39. The molecule has 146 valence electrons. The number of hydrogen-bond acceptors (Lipinski definition) is 4. The zero-order valence-corrected chi connectivity index (χ0v) is 17.6. The molecule has 4 rings (SSSR count). The predicted octanol–water partition coefficient (Wildman–Crippen LogP) is 5.39. The second kappa shape index (κ2) is 8.19. The third-order valence-corrected chi connectivity index (χ3v) is 6.55. The minimum Gasteiger partial charge on any atom is -0.376 e. The highest BCUT2D eigenvalue weighted by Gasteiger charge is 2.25. The van der Waals surface area contributed by atoms with Gasteiger partial charge in [-0.2, -0.15) is 0 Å². The van der Waals surface area contributed by atoms with Crippen LogP contribution in [0, 0.1) is 13.8 Å². The number of ether oxygens (including phenoxy) is 1. The number of benzene rings is 1. The summed E-state index contributed by atoms with van der Waals surface area (Å²) in [7, 11) is 0. The van der Waals surface area contributed by atoms with Gasteiger partial charge in [0.25, 0.3) is 5.91 Å². The molecule has 4 nitrogen and oxygen atoms in total. The fraction of sp³-hybridized carbons (Fsp3) is 0.364. The lowest BCUT2D eigenvalue weighted by Crippen LogP contribution is -2.36. The molecule has 0 spiro atoms. The van der Waals surface area contributed by atoms with Crippen LogP contribution in [0.15, 0.2) is 35.7 Å². The van der Waals surface area contributed by atoms with E-state index in [1.54, 1.807) is 0 Å². The molecule has 1 amide bonds. The minimum absolute atomic E-state index is 0.0155. The summed E-state index contributed by atoms with van der Waals surface area (Å²) < 4.78 is 5.78. The van der Waals surface area contributed by atoms with Crippen molar-refractivity contribution in [2.75, 3.05) is 13.2 Å². The zero-order valence-electron chi connectivity index (χ0n) is 16.1. The summed E-state index contributed by atoms with van der Waals surface area (Å²) >= 11 is 8.00. The highest BCUT2D eigenvalue weighted by molar-refractivity contribution is 7.12. The van der Waals surface area contributed by atoms with Gasteiger partial charge in [0.15, 0.2) is 0 Å². The summed E-state index contributed by atoms with van der Waals surface area (Å²) in [6.45, 7) is 5.89. The van der Waals surface area contributed by atoms with Crippen LogP contribution >= 0.6 is 22.9 Å². The van der Waals surface area contributed by atoms with Crippen LogP contribution in [-0.2, 0) is 11.3 Å². The molecule has 2 aromatic heterocycles. The topological polar surface area (TPSA) is 42.4 Å². The van der Waals surface area contributed by atoms with Crippen LogP contribution in [0.1, 0.15) is 39.2 Å². The molecular formula is C22H23ClN2O2S. The Labute approximate surface area is 174 Å².